The molecule has 0 bridgehead atoms. The summed E-state index contributed by atoms with van der Waals surface area (Å²) in [5.41, 5.74) is 3.43. The van der Waals surface area contributed by atoms with Crippen LogP contribution in [0.25, 0.3) is 21.8 Å². The Balaban J connectivity index is 0.862. The highest BCUT2D eigenvalue weighted by Crippen LogP contribution is 2.47. The Morgan fingerprint density at radius 1 is 0.640 bits per heavy atom. The Bertz CT molecular complexity index is 2980. The molecule has 22 nitrogen and oxygen atoms in total. The van der Waals surface area contributed by atoms with Gasteiger partial charge in [-0.15, -0.1) is 0 Å². The van der Waals surface area contributed by atoms with Crippen LogP contribution in [0.3, 0.4) is 0 Å². The Morgan fingerprint density at radius 3 is 1.95 bits per heavy atom. The molecular weight excluding hydrogens is 965 g/mol. The van der Waals surface area contributed by atoms with Crippen LogP contribution in [0, 0.1) is 11.8 Å². The van der Waals surface area contributed by atoms with Gasteiger partial charge in [-0.05, 0) is 72.4 Å². The first-order valence-electron chi connectivity index (χ1n) is 25.3. The predicted molar refractivity (Wildman–Crippen MR) is 275 cm³/mol. The van der Waals surface area contributed by atoms with Crippen molar-refractivity contribution in [3.8, 4) is 0 Å². The van der Waals surface area contributed by atoms with Crippen LogP contribution in [-0.2, 0) is 35.3 Å². The summed E-state index contributed by atoms with van der Waals surface area (Å²) >= 11 is 0. The summed E-state index contributed by atoms with van der Waals surface area (Å²) in [6.07, 6.45) is 0.0864. The van der Waals surface area contributed by atoms with Crippen molar-refractivity contribution >= 4 is 80.9 Å². The van der Waals surface area contributed by atoms with E-state index in [1.807, 2.05) is 62.4 Å². The van der Waals surface area contributed by atoms with E-state index in [2.05, 4.69) is 52.5 Å². The highest BCUT2D eigenvalue weighted by atomic mass is 16.2. The molecule has 3 fully saturated rings. The summed E-state index contributed by atoms with van der Waals surface area (Å²) < 4.78 is 0. The highest BCUT2D eigenvalue weighted by molar-refractivity contribution is 6.39. The van der Waals surface area contributed by atoms with Crippen molar-refractivity contribution < 1.29 is 47.9 Å². The molecule has 2 aliphatic heterocycles. The normalized spacial score (nSPS) is 18.0. The number of fused-ring (bicyclic) bond motifs is 2. The number of rotatable bonds is 24. The van der Waals surface area contributed by atoms with Gasteiger partial charge in [0, 0.05) is 61.1 Å². The molecule has 22 heteroatoms. The summed E-state index contributed by atoms with van der Waals surface area (Å²) in [7, 11) is 0. The molecule has 10 amide bonds. The first-order valence-corrected chi connectivity index (χ1v) is 25.3. The van der Waals surface area contributed by atoms with Gasteiger partial charge in [0.2, 0.25) is 17.6 Å². The van der Waals surface area contributed by atoms with E-state index >= 15 is 0 Å². The molecule has 3 aliphatic rings. The number of nitrogens with one attached hydrogen (secondary N) is 10. The molecule has 0 radical (unpaired) electrons. The first kappa shape index (κ1) is 52.8. The third kappa shape index (κ3) is 12.8. The van der Waals surface area contributed by atoms with Gasteiger partial charge < -0.3 is 57.4 Å². The van der Waals surface area contributed by atoms with Crippen LogP contribution in [0.5, 0.6) is 0 Å². The molecule has 8 rings (SSSR count). The minimum absolute atomic E-state index is 0.00655. The third-order valence-corrected chi connectivity index (χ3v) is 14.0. The second-order valence-corrected chi connectivity index (χ2v) is 19.3. The number of hydrogen-bond donors (Lipinski definition) is 10. The molecule has 3 aromatic carbocycles. The van der Waals surface area contributed by atoms with Gasteiger partial charge in [-0.3, -0.25) is 43.3 Å². The van der Waals surface area contributed by atoms with Crippen LogP contribution in [0.2, 0.25) is 0 Å². The van der Waals surface area contributed by atoms with E-state index in [-0.39, 0.29) is 81.3 Å². The van der Waals surface area contributed by atoms with Crippen LogP contribution in [0.1, 0.15) is 84.5 Å². The summed E-state index contributed by atoms with van der Waals surface area (Å²) in [5, 5.41) is 22.7. The van der Waals surface area contributed by atoms with Crippen molar-refractivity contribution in [1.29, 1.82) is 0 Å². The zero-order chi connectivity index (χ0) is 53.3. The highest BCUT2D eigenvalue weighted by Gasteiger charge is 2.42. The Kier molecular flexibility index (Phi) is 16.6. The van der Waals surface area contributed by atoms with Crippen LogP contribution >= 0.6 is 0 Å². The Labute approximate surface area is 431 Å². The SMILES string of the molecule is CCC(C)CC(NC(=O)c1cc2ccccc2[nH]1)C(=O)NC(C(=O)C(=O)NCC1CC1c1ccc2cc(C(=O)NC(CC)C(=O)NC(CN3CCNC3=O)C(=O)C(=O)NCc3ccccc3)[nH]c2c1)N1CCNC1=O. The second-order valence-electron chi connectivity index (χ2n) is 19.3. The Hall–Kier alpha value is -8.56. The summed E-state index contributed by atoms with van der Waals surface area (Å²) in [6, 6.07) is 20.5. The van der Waals surface area contributed by atoms with Gasteiger partial charge in [0.25, 0.3) is 29.4 Å². The monoisotopic (exact) mass is 1030 g/mol. The van der Waals surface area contributed by atoms with Crippen molar-refractivity contribution in [3.63, 3.8) is 0 Å². The number of carbonyl (C=O) groups is 10. The lowest BCUT2D eigenvalue weighted by Gasteiger charge is -2.28. The molecule has 1 aliphatic carbocycles. The average molecular weight is 1030 g/mol. The van der Waals surface area contributed by atoms with E-state index in [0.717, 1.165) is 26.9 Å². The maximum Gasteiger partial charge on any atom is 0.319 e. The molecule has 394 valence electrons. The minimum Gasteiger partial charge on any atom is -0.351 e. The quantitative estimate of drug-likeness (QED) is 0.0401. The van der Waals surface area contributed by atoms with Crippen molar-refractivity contribution in [2.24, 2.45) is 11.8 Å². The number of aromatic amines is 2. The number of H-pyrrole nitrogens is 2. The third-order valence-electron chi connectivity index (χ3n) is 14.0. The molecule has 0 spiro atoms. The number of ketones is 2. The number of aromatic nitrogens is 2. The topological polar surface area (TPSA) is 305 Å². The van der Waals surface area contributed by atoms with Gasteiger partial charge in [0.15, 0.2) is 6.17 Å². The smallest absolute Gasteiger partial charge is 0.319 e. The van der Waals surface area contributed by atoms with Crippen LogP contribution in [-0.4, -0.2) is 142 Å². The zero-order valence-corrected chi connectivity index (χ0v) is 41.9. The van der Waals surface area contributed by atoms with E-state index in [0.29, 0.717) is 30.3 Å². The molecule has 5 aromatic rings. The lowest BCUT2D eigenvalue weighted by molar-refractivity contribution is -0.142. The van der Waals surface area contributed by atoms with E-state index in [1.54, 1.807) is 43.3 Å². The number of Topliss-reactive ketones (excluding diaryl/α,β-unsaturated/α-hetero) is 2. The van der Waals surface area contributed by atoms with E-state index in [1.165, 1.54) is 4.90 Å². The van der Waals surface area contributed by atoms with Crippen molar-refractivity contribution in [2.75, 3.05) is 39.3 Å². The predicted octanol–water partition coefficient (Wildman–Crippen LogP) is 2.04. The number of nitrogens with zero attached hydrogens (tertiary/aromatic N) is 2. The van der Waals surface area contributed by atoms with Crippen molar-refractivity contribution in [2.45, 2.75) is 83.2 Å². The van der Waals surface area contributed by atoms with Crippen molar-refractivity contribution in [1.82, 2.24) is 62.3 Å². The van der Waals surface area contributed by atoms with Crippen LogP contribution in [0.4, 0.5) is 9.59 Å². The lowest BCUT2D eigenvalue weighted by Crippen LogP contribution is -2.61. The molecule has 7 atom stereocenters. The molecule has 10 N–H and O–H groups in total. The maximum absolute atomic E-state index is 14.0. The molecule has 1 saturated carbocycles. The molecule has 75 heavy (non-hydrogen) atoms. The van der Waals surface area contributed by atoms with E-state index in [9.17, 15) is 47.9 Å². The largest absolute Gasteiger partial charge is 0.351 e. The number of hydrogen-bond acceptors (Lipinski definition) is 10. The van der Waals surface area contributed by atoms with E-state index < -0.39 is 83.4 Å². The van der Waals surface area contributed by atoms with Gasteiger partial charge in [-0.2, -0.15) is 0 Å². The standard InChI is InChI=1S/C53H62N12O10/c1-4-29(3)21-39(61-48(70)40-24-32-13-9-10-14-37(32)58-40)49(71)63-45(65-20-18-55-53(65)75)44(67)51(73)57-27-34-22-35(34)31-15-16-33-25-41(59-38(33)23-31)47(69)60-36(5-2)46(68)62-42(28-64-19-17-54-52(64)74)43(66)50(72)56-26-30-11-7-6-8-12-30/h6-16,23-25,29,34-36,39,42,45,58-59H,4-5,17-22,26-28H2,1-3H3,(H,54,74)(H,55,75)(H,56,72)(H,57,73)(H,60,69)(H,61,70)(H,62,68)(H,63,71). The molecule has 2 saturated heterocycles. The van der Waals surface area contributed by atoms with Gasteiger partial charge in [0.1, 0.15) is 29.5 Å². The van der Waals surface area contributed by atoms with Crippen LogP contribution < -0.4 is 42.5 Å². The fourth-order valence-corrected chi connectivity index (χ4v) is 9.28. The molecule has 7 unspecified atom stereocenters. The molecular formula is C53H62N12O10. The minimum atomic E-state index is -1.64. The fourth-order valence-electron chi connectivity index (χ4n) is 9.28. The number of urea groups is 2. The van der Waals surface area contributed by atoms with Crippen molar-refractivity contribution in [3.05, 3.63) is 107 Å². The summed E-state index contributed by atoms with van der Waals surface area (Å²) in [6.45, 7) is 6.31. The Morgan fingerprint density at radius 2 is 1.28 bits per heavy atom. The maximum atomic E-state index is 14.0. The van der Waals surface area contributed by atoms with Gasteiger partial charge >= 0.3 is 12.1 Å². The number of benzene rings is 3. The van der Waals surface area contributed by atoms with E-state index in [4.69, 9.17) is 0 Å². The summed E-state index contributed by atoms with van der Waals surface area (Å²) in [4.78, 5) is 142. The molecule has 2 aromatic heterocycles. The number of amides is 10. The summed E-state index contributed by atoms with van der Waals surface area (Å²) in [5.74, 6) is -6.59. The number of para-hydroxylation sites is 1. The van der Waals surface area contributed by atoms with Gasteiger partial charge in [-0.25, -0.2) is 9.59 Å². The zero-order valence-electron chi connectivity index (χ0n) is 41.9. The first-order chi connectivity index (χ1) is 36.1. The van der Waals surface area contributed by atoms with Gasteiger partial charge in [0.05, 0.1) is 6.54 Å². The van der Waals surface area contributed by atoms with Crippen LogP contribution in [0.15, 0.2) is 84.9 Å². The average Bonchev–Trinajstić information content (AvgIpc) is 3.82. The number of carbonyl (C=O) groups excluding carboxylic acids is 10. The fraction of sp³-hybridized carbons (Fsp3) is 0.396. The lowest BCUT2D eigenvalue weighted by atomic mass is 9.98. The van der Waals surface area contributed by atoms with Gasteiger partial charge in [-0.1, -0.05) is 87.9 Å². The second kappa shape index (κ2) is 23.5. The molecule has 4 heterocycles.